The Labute approximate surface area is 125 Å². The number of carboxylic acid groups (broad SMARTS) is 1. The van der Waals surface area contributed by atoms with Gasteiger partial charge in [-0.2, -0.15) is 0 Å². The predicted octanol–water partition coefficient (Wildman–Crippen LogP) is 1.58. The summed E-state index contributed by atoms with van der Waals surface area (Å²) in [7, 11) is 0. The van der Waals surface area contributed by atoms with Crippen LogP contribution in [0.3, 0.4) is 0 Å². The second-order valence-corrected chi connectivity index (χ2v) is 5.15. The van der Waals surface area contributed by atoms with Gasteiger partial charge in [-0.05, 0) is 23.8 Å². The second kappa shape index (κ2) is 7.39. The van der Waals surface area contributed by atoms with E-state index in [0.29, 0.717) is 12.3 Å². The van der Waals surface area contributed by atoms with Gasteiger partial charge in [0.1, 0.15) is 5.69 Å². The molecule has 108 valence electrons. The number of thioether (sulfide) groups is 1. The van der Waals surface area contributed by atoms with Crippen LogP contribution in [0.2, 0.25) is 0 Å². The molecular formula is C14H13N3O3S. The SMILES string of the molecule is O=C(CSc1ccncc1)NCc1ccc(C(=O)O)nc1. The average molecular weight is 303 g/mol. The molecule has 0 aliphatic rings. The van der Waals surface area contributed by atoms with Gasteiger partial charge in [-0.15, -0.1) is 11.8 Å². The number of rotatable bonds is 6. The normalized spacial score (nSPS) is 10.1. The Morgan fingerprint density at radius 3 is 2.57 bits per heavy atom. The van der Waals surface area contributed by atoms with Crippen LogP contribution in [0.15, 0.2) is 47.8 Å². The van der Waals surface area contributed by atoms with Gasteiger partial charge in [-0.1, -0.05) is 6.07 Å². The minimum Gasteiger partial charge on any atom is -0.477 e. The molecule has 2 heterocycles. The highest BCUT2D eigenvalue weighted by molar-refractivity contribution is 8.00. The summed E-state index contributed by atoms with van der Waals surface area (Å²) in [6.45, 7) is 0.322. The lowest BCUT2D eigenvalue weighted by molar-refractivity contribution is -0.118. The van der Waals surface area contributed by atoms with Gasteiger partial charge in [-0.25, -0.2) is 9.78 Å². The Bertz CT molecular complexity index is 617. The number of aromatic nitrogens is 2. The molecule has 2 aromatic heterocycles. The lowest BCUT2D eigenvalue weighted by Gasteiger charge is -2.05. The highest BCUT2D eigenvalue weighted by Crippen LogP contribution is 2.15. The van der Waals surface area contributed by atoms with Crippen LogP contribution in [0.25, 0.3) is 0 Å². The van der Waals surface area contributed by atoms with E-state index in [1.807, 2.05) is 12.1 Å². The first-order chi connectivity index (χ1) is 10.1. The number of carbonyl (C=O) groups excluding carboxylic acids is 1. The molecule has 0 spiro atoms. The van der Waals surface area contributed by atoms with Crippen LogP contribution in [0.1, 0.15) is 16.1 Å². The molecule has 0 bridgehead atoms. The lowest BCUT2D eigenvalue weighted by atomic mass is 10.2. The van der Waals surface area contributed by atoms with Crippen LogP contribution >= 0.6 is 11.8 Å². The van der Waals surface area contributed by atoms with Crippen LogP contribution in [-0.2, 0) is 11.3 Å². The molecule has 0 atom stereocenters. The number of nitrogens with zero attached hydrogens (tertiary/aromatic N) is 2. The minimum atomic E-state index is -1.07. The molecule has 0 saturated heterocycles. The van der Waals surface area contributed by atoms with Crippen LogP contribution in [0.4, 0.5) is 0 Å². The maximum atomic E-state index is 11.7. The van der Waals surface area contributed by atoms with Crippen molar-refractivity contribution in [1.82, 2.24) is 15.3 Å². The molecule has 2 N–H and O–H groups in total. The number of nitrogens with one attached hydrogen (secondary N) is 1. The van der Waals surface area contributed by atoms with Crippen molar-refractivity contribution in [2.24, 2.45) is 0 Å². The first-order valence-corrected chi connectivity index (χ1v) is 7.11. The van der Waals surface area contributed by atoms with Crippen molar-refractivity contribution < 1.29 is 14.7 Å². The molecule has 0 unspecified atom stereocenters. The second-order valence-electron chi connectivity index (χ2n) is 4.11. The molecule has 1 amide bonds. The van der Waals surface area contributed by atoms with Gasteiger partial charge < -0.3 is 10.4 Å². The Hall–Kier alpha value is -2.41. The van der Waals surface area contributed by atoms with Crippen molar-refractivity contribution >= 4 is 23.6 Å². The maximum Gasteiger partial charge on any atom is 0.354 e. The van der Waals surface area contributed by atoms with Crippen LogP contribution in [0, 0.1) is 0 Å². The Kier molecular flexibility index (Phi) is 5.28. The summed E-state index contributed by atoms with van der Waals surface area (Å²) in [6.07, 6.45) is 4.80. The third kappa shape index (κ3) is 4.88. The van der Waals surface area contributed by atoms with E-state index < -0.39 is 5.97 Å². The van der Waals surface area contributed by atoms with Gasteiger partial charge in [0.15, 0.2) is 0 Å². The number of amides is 1. The molecular weight excluding hydrogens is 290 g/mol. The summed E-state index contributed by atoms with van der Waals surface area (Å²) < 4.78 is 0. The molecule has 6 nitrogen and oxygen atoms in total. The number of carboxylic acids is 1. The number of carbonyl (C=O) groups is 2. The smallest absolute Gasteiger partial charge is 0.354 e. The first kappa shape index (κ1) is 15.0. The lowest BCUT2D eigenvalue weighted by Crippen LogP contribution is -2.24. The van der Waals surface area contributed by atoms with Crippen molar-refractivity contribution in [3.05, 3.63) is 54.1 Å². The number of aromatic carboxylic acids is 1. The Morgan fingerprint density at radius 2 is 1.95 bits per heavy atom. The van der Waals surface area contributed by atoms with Gasteiger partial charge in [0.2, 0.25) is 5.91 Å². The van der Waals surface area contributed by atoms with Crippen molar-refractivity contribution in [3.63, 3.8) is 0 Å². The zero-order valence-corrected chi connectivity index (χ0v) is 11.8. The molecule has 2 aromatic rings. The summed E-state index contributed by atoms with van der Waals surface area (Å²) in [5.74, 6) is -0.858. The molecule has 2 rings (SSSR count). The minimum absolute atomic E-state index is 0.0154. The first-order valence-electron chi connectivity index (χ1n) is 6.13. The van der Waals surface area contributed by atoms with E-state index in [0.717, 1.165) is 10.5 Å². The summed E-state index contributed by atoms with van der Waals surface area (Å²) >= 11 is 1.42. The molecule has 0 radical (unpaired) electrons. The summed E-state index contributed by atoms with van der Waals surface area (Å²) in [5.41, 5.74) is 0.737. The van der Waals surface area contributed by atoms with Gasteiger partial charge in [0.05, 0.1) is 5.75 Å². The van der Waals surface area contributed by atoms with E-state index in [9.17, 15) is 9.59 Å². The highest BCUT2D eigenvalue weighted by Gasteiger charge is 2.05. The van der Waals surface area contributed by atoms with E-state index in [1.165, 1.54) is 24.0 Å². The monoisotopic (exact) mass is 303 g/mol. The van der Waals surface area contributed by atoms with Crippen molar-refractivity contribution in [2.45, 2.75) is 11.4 Å². The van der Waals surface area contributed by atoms with E-state index >= 15 is 0 Å². The van der Waals surface area contributed by atoms with Crippen LogP contribution in [0.5, 0.6) is 0 Å². The molecule has 7 heteroatoms. The molecule has 21 heavy (non-hydrogen) atoms. The molecule has 0 aliphatic carbocycles. The predicted molar refractivity (Wildman–Crippen MR) is 78.0 cm³/mol. The highest BCUT2D eigenvalue weighted by atomic mass is 32.2. The van der Waals surface area contributed by atoms with E-state index in [1.54, 1.807) is 18.5 Å². The summed E-state index contributed by atoms with van der Waals surface area (Å²) in [5, 5.41) is 11.5. The van der Waals surface area contributed by atoms with Gasteiger partial charge in [-0.3, -0.25) is 9.78 Å². The van der Waals surface area contributed by atoms with E-state index in [2.05, 4.69) is 15.3 Å². The van der Waals surface area contributed by atoms with E-state index in [-0.39, 0.29) is 11.6 Å². The van der Waals surface area contributed by atoms with Crippen LogP contribution < -0.4 is 5.32 Å². The fraction of sp³-hybridized carbons (Fsp3) is 0.143. The Balaban J connectivity index is 1.77. The van der Waals surface area contributed by atoms with Gasteiger partial charge >= 0.3 is 5.97 Å². The number of pyridine rings is 2. The molecule has 0 aliphatic heterocycles. The molecule has 0 saturated carbocycles. The fourth-order valence-corrected chi connectivity index (χ4v) is 2.20. The molecule has 0 aromatic carbocycles. The average Bonchev–Trinajstić information content (AvgIpc) is 2.52. The third-order valence-electron chi connectivity index (χ3n) is 2.55. The summed E-state index contributed by atoms with van der Waals surface area (Å²) in [4.78, 5) is 31.0. The number of hydrogen-bond acceptors (Lipinski definition) is 5. The quantitative estimate of drug-likeness (QED) is 0.787. The van der Waals surface area contributed by atoms with Crippen molar-refractivity contribution in [2.75, 3.05) is 5.75 Å². The zero-order chi connectivity index (χ0) is 15.1. The maximum absolute atomic E-state index is 11.7. The Morgan fingerprint density at radius 1 is 1.19 bits per heavy atom. The zero-order valence-electron chi connectivity index (χ0n) is 11.0. The molecule has 0 fully saturated rings. The van der Waals surface area contributed by atoms with Crippen LogP contribution in [-0.4, -0.2) is 32.7 Å². The third-order valence-corrected chi connectivity index (χ3v) is 3.57. The standard InChI is InChI=1S/C14H13N3O3S/c18-13(9-21-11-3-5-15-6-4-11)17-8-10-1-2-12(14(19)20)16-7-10/h1-7H,8-9H2,(H,17,18)(H,19,20). The van der Waals surface area contributed by atoms with Crippen molar-refractivity contribution in [1.29, 1.82) is 0 Å². The topological polar surface area (TPSA) is 92.2 Å². The number of hydrogen-bond donors (Lipinski definition) is 2. The largest absolute Gasteiger partial charge is 0.477 e. The fourth-order valence-electron chi connectivity index (χ4n) is 1.49. The van der Waals surface area contributed by atoms with E-state index in [4.69, 9.17) is 5.11 Å². The van der Waals surface area contributed by atoms with Gasteiger partial charge in [0.25, 0.3) is 0 Å². The summed E-state index contributed by atoms with van der Waals surface area (Å²) in [6, 6.07) is 6.72. The van der Waals surface area contributed by atoms with Gasteiger partial charge in [0, 0.05) is 30.0 Å². The van der Waals surface area contributed by atoms with Crippen molar-refractivity contribution in [3.8, 4) is 0 Å².